The Bertz CT molecular complexity index is 2010. The zero-order valence-electron chi connectivity index (χ0n) is 24.3. The van der Waals surface area contributed by atoms with Crippen LogP contribution in [0.2, 0.25) is 0 Å². The molecule has 4 heterocycles. The van der Waals surface area contributed by atoms with Gasteiger partial charge in [-0.15, -0.1) is 38.0 Å². The van der Waals surface area contributed by atoms with Crippen LogP contribution in [0.3, 0.4) is 0 Å². The molecule has 0 aliphatic carbocycles. The summed E-state index contributed by atoms with van der Waals surface area (Å²) in [5.41, 5.74) is 2.06. The van der Waals surface area contributed by atoms with Crippen LogP contribution in [0.25, 0.3) is 0 Å². The molecule has 20 heteroatoms. The van der Waals surface area contributed by atoms with Gasteiger partial charge in [-0.2, -0.15) is 4.98 Å². The molecule has 0 spiro atoms. The molecule has 2 aromatic carbocycles. The normalized spacial score (nSPS) is 10.6. The van der Waals surface area contributed by atoms with E-state index in [1.165, 1.54) is 39.5 Å². The van der Waals surface area contributed by atoms with Crippen LogP contribution in [0.15, 0.2) is 41.9 Å². The number of aromatic amines is 1. The Morgan fingerprint density at radius 1 is 0.702 bits per heavy atom. The lowest BCUT2D eigenvalue weighted by Crippen LogP contribution is -2.15. The van der Waals surface area contributed by atoms with Crippen molar-refractivity contribution in [2.45, 2.75) is 20.8 Å². The van der Waals surface area contributed by atoms with E-state index in [4.69, 9.17) is 0 Å². The Labute approximate surface area is 274 Å². The number of halogens is 4. The second-order valence-corrected chi connectivity index (χ2v) is 12.5. The number of carbonyl (C=O) groups excluding carboxylic acids is 2. The third-order valence-electron chi connectivity index (χ3n) is 5.54. The lowest BCUT2D eigenvalue weighted by molar-refractivity contribution is 0.101. The molecule has 0 saturated heterocycles. The number of nitrogens with one attached hydrogen (secondary N) is 5. The third-order valence-corrected chi connectivity index (χ3v) is 7.92. The van der Waals surface area contributed by atoms with Crippen LogP contribution in [0.5, 0.6) is 0 Å². The number of hydrogen-bond acceptors (Lipinski definition) is 13. The molecular formula is C27H21F4N11O2S3. The predicted octanol–water partition coefficient (Wildman–Crippen LogP) is 6.73. The van der Waals surface area contributed by atoms with E-state index in [2.05, 4.69) is 56.6 Å². The quantitative estimate of drug-likeness (QED) is 0.107. The highest BCUT2D eigenvalue weighted by molar-refractivity contribution is 7.16. The summed E-state index contributed by atoms with van der Waals surface area (Å²) in [5, 5.41) is 26.8. The zero-order valence-corrected chi connectivity index (χ0v) is 26.7. The number of benzene rings is 2. The number of anilines is 6. The fraction of sp³-hybridized carbons (Fsp3) is 0.111. The molecule has 0 saturated carbocycles. The summed E-state index contributed by atoms with van der Waals surface area (Å²) in [5.74, 6) is -3.22. The highest BCUT2D eigenvalue weighted by atomic mass is 32.1. The highest BCUT2D eigenvalue weighted by Gasteiger charge is 2.20. The second kappa shape index (κ2) is 14.4. The van der Waals surface area contributed by atoms with Crippen molar-refractivity contribution in [1.82, 2.24) is 35.3 Å². The average Bonchev–Trinajstić information content (AvgIpc) is 3.77. The first kappa shape index (κ1) is 33.0. The van der Waals surface area contributed by atoms with Gasteiger partial charge < -0.3 is 10.6 Å². The molecule has 4 aromatic heterocycles. The zero-order chi connectivity index (χ0) is 33.7. The van der Waals surface area contributed by atoms with Crippen LogP contribution in [0.1, 0.15) is 36.8 Å². The van der Waals surface area contributed by atoms with Crippen molar-refractivity contribution in [2.75, 3.05) is 21.3 Å². The van der Waals surface area contributed by atoms with E-state index in [-0.39, 0.29) is 28.7 Å². The van der Waals surface area contributed by atoms with Gasteiger partial charge >= 0.3 is 0 Å². The number of H-pyrrole nitrogens is 1. The first-order chi connectivity index (χ1) is 22.4. The van der Waals surface area contributed by atoms with Crippen LogP contribution in [0.4, 0.5) is 50.0 Å². The number of hydrogen-bond donors (Lipinski definition) is 5. The summed E-state index contributed by atoms with van der Waals surface area (Å²) < 4.78 is 53.1. The first-order valence-corrected chi connectivity index (χ1v) is 15.6. The summed E-state index contributed by atoms with van der Waals surface area (Å²) in [6.07, 6.45) is 0. The van der Waals surface area contributed by atoms with E-state index >= 15 is 0 Å². The largest absolute Gasteiger partial charge is 0.345 e. The number of carbonyl (C=O) groups is 2. The van der Waals surface area contributed by atoms with Crippen LogP contribution in [0, 0.1) is 44.0 Å². The van der Waals surface area contributed by atoms with E-state index in [9.17, 15) is 27.2 Å². The van der Waals surface area contributed by atoms with Gasteiger partial charge in [0, 0.05) is 23.5 Å². The smallest absolute Gasteiger partial charge is 0.279 e. The first-order valence-electron chi connectivity index (χ1n) is 13.1. The van der Waals surface area contributed by atoms with Crippen molar-refractivity contribution < 1.29 is 27.2 Å². The number of nitrogens with zero attached hydrogens (tertiary/aromatic N) is 6. The van der Waals surface area contributed by atoms with Gasteiger partial charge in [0.1, 0.15) is 44.6 Å². The van der Waals surface area contributed by atoms with Gasteiger partial charge in [0.15, 0.2) is 11.4 Å². The van der Waals surface area contributed by atoms with Gasteiger partial charge in [-0.3, -0.25) is 25.3 Å². The molecule has 0 unspecified atom stereocenters. The maximum absolute atomic E-state index is 13.3. The van der Waals surface area contributed by atoms with Gasteiger partial charge in [0.05, 0.1) is 10.0 Å². The maximum atomic E-state index is 13.3. The lowest BCUT2D eigenvalue weighted by atomic mass is 10.3. The maximum Gasteiger partial charge on any atom is 0.279 e. The van der Waals surface area contributed by atoms with Crippen LogP contribution >= 0.6 is 34.0 Å². The van der Waals surface area contributed by atoms with E-state index in [1.54, 1.807) is 20.8 Å². The molecule has 6 rings (SSSR count). The molecular weight excluding hydrogens is 683 g/mol. The van der Waals surface area contributed by atoms with E-state index in [0.717, 1.165) is 36.4 Å². The average molecular weight is 704 g/mol. The van der Waals surface area contributed by atoms with Crippen LogP contribution < -0.4 is 21.3 Å². The minimum absolute atomic E-state index is 0.0876. The van der Waals surface area contributed by atoms with Gasteiger partial charge in [0.25, 0.3) is 11.8 Å². The third kappa shape index (κ3) is 8.89. The highest BCUT2D eigenvalue weighted by Crippen LogP contribution is 2.30. The Balaban J connectivity index is 0.000000185. The summed E-state index contributed by atoms with van der Waals surface area (Å²) in [6.45, 7) is 5.14. The Kier molecular flexibility index (Phi) is 10.1. The monoisotopic (exact) mass is 703 g/mol. The van der Waals surface area contributed by atoms with Crippen LogP contribution in [-0.4, -0.2) is 47.2 Å². The molecule has 0 fully saturated rings. The second-order valence-electron chi connectivity index (χ2n) is 9.28. The molecule has 0 radical (unpaired) electrons. The number of amides is 2. The molecule has 0 aliphatic rings. The molecule has 242 valence electrons. The Hall–Kier alpha value is -5.34. The van der Waals surface area contributed by atoms with Crippen molar-refractivity contribution in [3.05, 3.63) is 92.4 Å². The number of rotatable bonds is 8. The van der Waals surface area contributed by atoms with Crippen LogP contribution in [-0.2, 0) is 0 Å². The number of aromatic nitrogens is 7. The minimum atomic E-state index is -0.721. The van der Waals surface area contributed by atoms with Crippen molar-refractivity contribution >= 4 is 78.3 Å². The summed E-state index contributed by atoms with van der Waals surface area (Å²) in [4.78, 5) is 36.9. The molecule has 2 amide bonds. The topological polar surface area (TPSA) is 175 Å². The van der Waals surface area contributed by atoms with Gasteiger partial charge in [-0.05, 0) is 45.0 Å². The lowest BCUT2D eigenvalue weighted by Gasteiger charge is -2.06. The SMILES string of the molecule is Cc1nc(C(=O)Nc2nncs2)c(Nc2cc(F)cc(F)c2)s1.Cc1nc(NC(=O)c2nc(C)sc2Nc2cc(F)cc(F)c2)n[nH]1. The van der Waals surface area contributed by atoms with Gasteiger partial charge in [0.2, 0.25) is 11.1 Å². The van der Waals surface area contributed by atoms with Gasteiger partial charge in [-0.1, -0.05) is 11.3 Å². The van der Waals surface area contributed by atoms with Gasteiger partial charge in [-0.25, -0.2) is 27.5 Å². The fourth-order valence-corrected chi connectivity index (χ4v) is 5.90. The molecule has 0 aliphatic heterocycles. The number of aryl methyl sites for hydroxylation is 3. The standard InChI is InChI=1S/C14H12F2N6OS.C13H9F2N5OS2/c1-6-17-14(22-21-6)20-12(23)11-13(24-7(2)18-11)19-10-4-8(15)3-9(16)5-10;1-6-17-10(11(21)19-13-20-16-5-22-13)12(23-6)18-9-3-7(14)2-8(15)4-9/h3-5,19H,1-2H3,(H2,17,20,21,22,23);2-5,18H,1H3,(H,19,20,21). The van der Waals surface area contributed by atoms with Crippen molar-refractivity contribution in [1.29, 1.82) is 0 Å². The molecule has 13 nitrogen and oxygen atoms in total. The molecule has 5 N–H and O–H groups in total. The van der Waals surface area contributed by atoms with E-state index < -0.39 is 35.1 Å². The van der Waals surface area contributed by atoms with Crippen molar-refractivity contribution in [3.8, 4) is 0 Å². The molecule has 6 aromatic rings. The predicted molar refractivity (Wildman–Crippen MR) is 170 cm³/mol. The Morgan fingerprint density at radius 2 is 1.19 bits per heavy atom. The minimum Gasteiger partial charge on any atom is -0.345 e. The van der Waals surface area contributed by atoms with Crippen molar-refractivity contribution in [3.63, 3.8) is 0 Å². The summed E-state index contributed by atoms with van der Waals surface area (Å²) in [6, 6.07) is 6.04. The van der Waals surface area contributed by atoms with E-state index in [0.29, 0.717) is 31.0 Å². The summed E-state index contributed by atoms with van der Waals surface area (Å²) >= 11 is 3.56. The molecule has 0 bridgehead atoms. The fourth-order valence-electron chi connectivity index (χ4n) is 3.79. The Morgan fingerprint density at radius 3 is 1.62 bits per heavy atom. The number of thiazole rings is 2. The van der Waals surface area contributed by atoms with E-state index in [1.807, 2.05) is 0 Å². The van der Waals surface area contributed by atoms with Crippen molar-refractivity contribution in [2.24, 2.45) is 0 Å². The molecule has 47 heavy (non-hydrogen) atoms. The summed E-state index contributed by atoms with van der Waals surface area (Å²) in [7, 11) is 0. The molecule has 0 atom stereocenters.